The fourth-order valence-corrected chi connectivity index (χ4v) is 3.29. The fraction of sp³-hybridized carbons (Fsp3) is 0.727. The lowest BCUT2D eigenvalue weighted by Gasteiger charge is -2.23. The average Bonchev–Trinajstić information content (AvgIpc) is 3.23. The molecule has 0 aliphatic heterocycles. The number of carbonyl (C=O) groups excluding carboxylic acids is 4. The van der Waals surface area contributed by atoms with E-state index in [1.165, 1.54) is 20.8 Å². The molecule has 0 aliphatic carbocycles. The van der Waals surface area contributed by atoms with Crippen molar-refractivity contribution in [2.75, 3.05) is 13.1 Å². The van der Waals surface area contributed by atoms with Crippen LogP contribution >= 0.6 is 0 Å². The van der Waals surface area contributed by atoms with E-state index < -0.39 is 41.9 Å². The fourth-order valence-electron chi connectivity index (χ4n) is 3.29. The Balaban J connectivity index is 2.67. The molecule has 13 nitrogen and oxygen atoms in total. The van der Waals surface area contributed by atoms with E-state index in [1.54, 1.807) is 6.92 Å². The molecule has 13 heteroatoms. The molecule has 0 spiro atoms. The van der Waals surface area contributed by atoms with Gasteiger partial charge in [-0.1, -0.05) is 0 Å². The Labute approximate surface area is 205 Å². The number of nitrogens with one attached hydrogen (secondary N) is 4. The third-order valence-electron chi connectivity index (χ3n) is 5.25. The van der Waals surface area contributed by atoms with Crippen LogP contribution in [-0.4, -0.2) is 65.0 Å². The van der Waals surface area contributed by atoms with Crippen LogP contribution in [0.4, 0.5) is 0 Å². The zero-order chi connectivity index (χ0) is 26.4. The third kappa shape index (κ3) is 11.3. The summed E-state index contributed by atoms with van der Waals surface area (Å²) in [4.78, 5) is 49.4. The van der Waals surface area contributed by atoms with Crippen LogP contribution in [0.1, 0.15) is 77.1 Å². The summed E-state index contributed by atoms with van der Waals surface area (Å²) in [6.45, 7) is 7.01. The molecule has 0 aliphatic rings. The zero-order valence-electron chi connectivity index (χ0n) is 21.1. The van der Waals surface area contributed by atoms with Crippen LogP contribution in [0, 0.1) is 6.92 Å². The van der Waals surface area contributed by atoms with Gasteiger partial charge in [-0.3, -0.25) is 19.2 Å². The van der Waals surface area contributed by atoms with Gasteiger partial charge in [0.1, 0.15) is 24.2 Å². The Morgan fingerprint density at radius 2 is 1.34 bits per heavy atom. The van der Waals surface area contributed by atoms with Gasteiger partial charge in [-0.05, 0) is 65.5 Å². The first-order valence-electron chi connectivity index (χ1n) is 12.0. The minimum Gasteiger partial charge on any atom is -0.423 e. The van der Waals surface area contributed by atoms with Gasteiger partial charge in [0.05, 0.1) is 0 Å². The molecular weight excluding hydrogens is 456 g/mol. The highest BCUT2D eigenvalue weighted by Gasteiger charge is 2.27. The lowest BCUT2D eigenvalue weighted by Crippen LogP contribution is -2.55. The molecule has 8 N–H and O–H groups in total. The molecular formula is C22H40N8O5. The molecule has 0 saturated heterocycles. The summed E-state index contributed by atoms with van der Waals surface area (Å²) in [5.41, 5.74) is 11.0. The summed E-state index contributed by atoms with van der Waals surface area (Å²) in [5, 5.41) is 18.4. The van der Waals surface area contributed by atoms with Gasteiger partial charge in [-0.2, -0.15) is 0 Å². The predicted molar refractivity (Wildman–Crippen MR) is 129 cm³/mol. The van der Waals surface area contributed by atoms with Crippen molar-refractivity contribution in [1.82, 2.24) is 31.5 Å². The zero-order valence-corrected chi connectivity index (χ0v) is 21.1. The van der Waals surface area contributed by atoms with Crippen LogP contribution in [0.3, 0.4) is 0 Å². The van der Waals surface area contributed by atoms with E-state index in [0.29, 0.717) is 44.7 Å². The molecule has 1 aromatic heterocycles. The van der Waals surface area contributed by atoms with Gasteiger partial charge in [0.15, 0.2) is 0 Å². The molecule has 1 aromatic rings. The molecule has 1 rings (SSSR count). The van der Waals surface area contributed by atoms with Gasteiger partial charge in [0.25, 0.3) is 0 Å². The molecule has 0 fully saturated rings. The second-order valence-electron chi connectivity index (χ2n) is 8.50. The van der Waals surface area contributed by atoms with Crippen LogP contribution in [-0.2, 0) is 19.2 Å². The molecule has 0 bridgehead atoms. The molecule has 198 valence electrons. The monoisotopic (exact) mass is 496 g/mol. The molecule has 0 saturated carbocycles. The number of nitrogens with two attached hydrogens (primary N) is 2. The third-order valence-corrected chi connectivity index (χ3v) is 5.25. The number of hydrogen-bond acceptors (Lipinski definition) is 9. The maximum Gasteiger partial charge on any atom is 0.243 e. The highest BCUT2D eigenvalue weighted by molar-refractivity contribution is 5.93. The van der Waals surface area contributed by atoms with Gasteiger partial charge in [-0.15, -0.1) is 10.2 Å². The first-order valence-corrected chi connectivity index (χ1v) is 12.0. The topological polar surface area (TPSA) is 207 Å². The van der Waals surface area contributed by atoms with Gasteiger partial charge in [0, 0.05) is 13.8 Å². The second-order valence-corrected chi connectivity index (χ2v) is 8.50. The lowest BCUT2D eigenvalue weighted by atomic mass is 10.1. The molecule has 4 atom stereocenters. The summed E-state index contributed by atoms with van der Waals surface area (Å²) >= 11 is 0. The van der Waals surface area contributed by atoms with E-state index in [9.17, 15) is 19.2 Å². The predicted octanol–water partition coefficient (Wildman–Crippen LogP) is -0.693. The van der Waals surface area contributed by atoms with Crippen LogP contribution in [0.15, 0.2) is 4.42 Å². The van der Waals surface area contributed by atoms with Crippen molar-refractivity contribution in [3.63, 3.8) is 0 Å². The number of aryl methyl sites for hydroxylation is 1. The molecule has 0 radical (unpaired) electrons. The van der Waals surface area contributed by atoms with Crippen LogP contribution < -0.4 is 32.7 Å². The number of nitrogens with zero attached hydrogens (tertiary/aromatic N) is 2. The Morgan fingerprint density at radius 3 is 1.86 bits per heavy atom. The molecule has 0 aromatic carbocycles. The number of rotatable bonds is 16. The summed E-state index contributed by atoms with van der Waals surface area (Å²) in [5.74, 6) is -1.15. The van der Waals surface area contributed by atoms with E-state index in [0.717, 1.165) is 12.8 Å². The van der Waals surface area contributed by atoms with Crippen molar-refractivity contribution in [3.05, 3.63) is 11.8 Å². The number of amides is 4. The second kappa shape index (κ2) is 15.8. The number of unbranched alkanes of at least 4 members (excludes halogenated alkanes) is 2. The Kier molecular flexibility index (Phi) is 13.5. The van der Waals surface area contributed by atoms with Crippen LogP contribution in [0.2, 0.25) is 0 Å². The minimum atomic E-state index is -0.928. The van der Waals surface area contributed by atoms with Crippen molar-refractivity contribution in [1.29, 1.82) is 0 Å². The van der Waals surface area contributed by atoms with E-state index in [4.69, 9.17) is 15.9 Å². The minimum absolute atomic E-state index is 0.283. The first kappa shape index (κ1) is 30.0. The molecule has 0 unspecified atom stereocenters. The van der Waals surface area contributed by atoms with Gasteiger partial charge >= 0.3 is 0 Å². The van der Waals surface area contributed by atoms with Crippen molar-refractivity contribution in [2.45, 2.75) is 90.4 Å². The van der Waals surface area contributed by atoms with E-state index in [1.807, 2.05) is 0 Å². The number of aromatic nitrogens is 2. The maximum absolute atomic E-state index is 12.7. The summed E-state index contributed by atoms with van der Waals surface area (Å²) in [6, 6.07) is -3.11. The Morgan fingerprint density at radius 1 is 0.800 bits per heavy atom. The largest absolute Gasteiger partial charge is 0.423 e. The summed E-state index contributed by atoms with van der Waals surface area (Å²) < 4.78 is 5.47. The highest BCUT2D eigenvalue weighted by Crippen LogP contribution is 2.18. The molecule has 4 amide bonds. The van der Waals surface area contributed by atoms with Crippen molar-refractivity contribution < 1.29 is 23.6 Å². The Hall–Kier alpha value is -3.06. The van der Waals surface area contributed by atoms with Crippen LogP contribution in [0.25, 0.3) is 0 Å². The normalized spacial score (nSPS) is 14.3. The van der Waals surface area contributed by atoms with Crippen molar-refractivity contribution in [2.24, 2.45) is 11.5 Å². The standard InChI is InChI=1S/C22H40N8O5/c1-13(26-21(34)17(27-15(3)31)9-5-7-11-23)19(32)25-14(2)20(33)28-18(10-6-8-12-24)22-30-29-16(4)35-22/h13-14,17-18H,5-12,23-24H2,1-4H3,(H,25,32)(H,26,34)(H,27,31)(H,28,33)/t13-,14-,17-,18+/m0/s1. The van der Waals surface area contributed by atoms with Crippen LogP contribution in [0.5, 0.6) is 0 Å². The number of carbonyl (C=O) groups is 4. The molecule has 1 heterocycles. The SMILES string of the molecule is CC(=O)N[C@@H](CCCCN)C(=O)N[C@@H](C)C(=O)N[C@@H](C)C(=O)N[C@H](CCCCN)c1nnc(C)o1. The highest BCUT2D eigenvalue weighted by atomic mass is 16.4. The van der Waals surface area contributed by atoms with Crippen molar-refractivity contribution in [3.8, 4) is 0 Å². The Bertz CT molecular complexity index is 831. The van der Waals surface area contributed by atoms with E-state index in [-0.39, 0.29) is 11.8 Å². The molecule has 35 heavy (non-hydrogen) atoms. The lowest BCUT2D eigenvalue weighted by molar-refractivity contribution is -0.133. The average molecular weight is 497 g/mol. The number of hydrogen-bond donors (Lipinski definition) is 6. The smallest absolute Gasteiger partial charge is 0.243 e. The van der Waals surface area contributed by atoms with Gasteiger partial charge < -0.3 is 37.2 Å². The summed E-state index contributed by atoms with van der Waals surface area (Å²) in [6.07, 6.45) is 3.83. The first-order chi connectivity index (χ1) is 16.6. The summed E-state index contributed by atoms with van der Waals surface area (Å²) in [7, 11) is 0. The van der Waals surface area contributed by atoms with E-state index in [2.05, 4.69) is 31.5 Å². The van der Waals surface area contributed by atoms with Gasteiger partial charge in [-0.25, -0.2) is 0 Å². The van der Waals surface area contributed by atoms with Crippen molar-refractivity contribution >= 4 is 23.6 Å². The van der Waals surface area contributed by atoms with E-state index >= 15 is 0 Å². The maximum atomic E-state index is 12.7. The quantitative estimate of drug-likeness (QED) is 0.160. The van der Waals surface area contributed by atoms with Gasteiger partial charge in [0.2, 0.25) is 35.4 Å².